The molecule has 1 aliphatic rings. The maximum absolute atomic E-state index is 12.4. The Bertz CT molecular complexity index is 500. The Kier molecular flexibility index (Phi) is 2.47. The molecule has 1 aromatic carbocycles. The second-order valence-electron chi connectivity index (χ2n) is 3.96. The van der Waals surface area contributed by atoms with Gasteiger partial charge >= 0.3 is 6.18 Å². The van der Waals surface area contributed by atoms with E-state index in [1.807, 2.05) is 0 Å². The summed E-state index contributed by atoms with van der Waals surface area (Å²) in [6, 6.07) is 2.68. The molecule has 1 N–H and O–H groups in total. The van der Waals surface area contributed by atoms with Crippen LogP contribution in [0.2, 0.25) is 0 Å². The molecule has 0 radical (unpaired) electrons. The molecule has 1 aliphatic carbocycles. The Hall–Kier alpha value is -1.81. The lowest BCUT2D eigenvalue weighted by atomic mass is 10.0. The van der Waals surface area contributed by atoms with Crippen molar-refractivity contribution in [3.05, 3.63) is 29.3 Å². The molecule has 0 bridgehead atoms. The Labute approximate surface area is 94.6 Å². The van der Waals surface area contributed by atoms with Gasteiger partial charge in [-0.15, -0.1) is 0 Å². The van der Waals surface area contributed by atoms with Crippen molar-refractivity contribution in [2.75, 3.05) is 0 Å². The van der Waals surface area contributed by atoms with Crippen molar-refractivity contribution >= 4 is 6.08 Å². The molecule has 90 valence electrons. The maximum atomic E-state index is 12.4. The molecule has 3 nitrogen and oxygen atoms in total. The van der Waals surface area contributed by atoms with E-state index in [9.17, 15) is 23.1 Å². The van der Waals surface area contributed by atoms with E-state index in [0.717, 1.165) is 12.1 Å². The Morgan fingerprint density at radius 1 is 1.35 bits per heavy atom. The summed E-state index contributed by atoms with van der Waals surface area (Å²) < 4.78 is 37.1. The highest BCUT2D eigenvalue weighted by Crippen LogP contribution is 2.52. The molecule has 0 heterocycles. The molecule has 0 amide bonds. The van der Waals surface area contributed by atoms with Gasteiger partial charge in [0.05, 0.1) is 5.56 Å². The van der Waals surface area contributed by atoms with Crippen molar-refractivity contribution < 1.29 is 23.1 Å². The van der Waals surface area contributed by atoms with Gasteiger partial charge in [0.15, 0.2) is 0 Å². The van der Waals surface area contributed by atoms with Crippen molar-refractivity contribution in [3.63, 3.8) is 0 Å². The first-order valence-electron chi connectivity index (χ1n) is 4.89. The monoisotopic (exact) mass is 243 g/mol. The third-order valence-corrected chi connectivity index (χ3v) is 2.81. The van der Waals surface area contributed by atoms with E-state index >= 15 is 0 Å². The smallest absolute Gasteiger partial charge is 0.416 e. The number of phenolic OH excluding ortho intramolecular Hbond substituents is 1. The second kappa shape index (κ2) is 3.60. The molecule has 0 aromatic heterocycles. The number of isocyanates is 1. The van der Waals surface area contributed by atoms with Gasteiger partial charge in [-0.3, -0.25) is 0 Å². The van der Waals surface area contributed by atoms with Gasteiger partial charge < -0.3 is 5.11 Å². The fourth-order valence-electron chi connectivity index (χ4n) is 1.75. The molecule has 6 heteroatoms. The number of alkyl halides is 3. The largest absolute Gasteiger partial charge is 0.508 e. The van der Waals surface area contributed by atoms with Gasteiger partial charge in [-0.05, 0) is 25.0 Å². The molecule has 2 rings (SSSR count). The van der Waals surface area contributed by atoms with Gasteiger partial charge in [-0.2, -0.15) is 18.2 Å². The van der Waals surface area contributed by atoms with Crippen LogP contribution in [0, 0.1) is 0 Å². The lowest BCUT2D eigenvalue weighted by Crippen LogP contribution is -2.07. The van der Waals surface area contributed by atoms with E-state index in [1.54, 1.807) is 0 Å². The Balaban J connectivity index is 2.43. The maximum Gasteiger partial charge on any atom is 0.416 e. The molecular formula is C11H8F3NO2. The fraction of sp³-hybridized carbons (Fsp3) is 0.364. The summed E-state index contributed by atoms with van der Waals surface area (Å²) in [5.41, 5.74) is -1.55. The number of hydrogen-bond acceptors (Lipinski definition) is 3. The van der Waals surface area contributed by atoms with E-state index in [4.69, 9.17) is 0 Å². The first kappa shape index (κ1) is 11.7. The molecule has 0 aliphatic heterocycles. The van der Waals surface area contributed by atoms with E-state index in [-0.39, 0.29) is 5.56 Å². The third kappa shape index (κ3) is 2.03. The van der Waals surface area contributed by atoms with Crippen LogP contribution >= 0.6 is 0 Å². The molecule has 0 saturated heterocycles. The molecule has 1 saturated carbocycles. The number of benzene rings is 1. The highest BCUT2D eigenvalue weighted by atomic mass is 19.4. The van der Waals surface area contributed by atoms with Crippen LogP contribution in [0.25, 0.3) is 0 Å². The van der Waals surface area contributed by atoms with Crippen molar-refractivity contribution in [1.82, 2.24) is 0 Å². The highest BCUT2D eigenvalue weighted by Gasteiger charge is 2.47. The molecule has 1 fully saturated rings. The van der Waals surface area contributed by atoms with Gasteiger partial charge in [-0.25, -0.2) is 4.79 Å². The number of carbonyl (C=O) groups excluding carboxylic acids is 1. The zero-order valence-corrected chi connectivity index (χ0v) is 8.58. The molecule has 1 aromatic rings. The number of aromatic hydroxyl groups is 1. The number of halogens is 3. The number of aliphatic imine (C=N–C) groups is 1. The third-order valence-electron chi connectivity index (χ3n) is 2.81. The van der Waals surface area contributed by atoms with E-state index < -0.39 is 23.0 Å². The summed E-state index contributed by atoms with van der Waals surface area (Å²) in [5.74, 6) is -0.490. The minimum absolute atomic E-state index is 0.244. The van der Waals surface area contributed by atoms with Crippen LogP contribution in [-0.4, -0.2) is 11.2 Å². The van der Waals surface area contributed by atoms with Crippen LogP contribution in [0.5, 0.6) is 5.75 Å². The minimum Gasteiger partial charge on any atom is -0.508 e. The average molecular weight is 243 g/mol. The van der Waals surface area contributed by atoms with Gasteiger partial charge in [0.2, 0.25) is 6.08 Å². The van der Waals surface area contributed by atoms with E-state index in [0.29, 0.717) is 18.9 Å². The topological polar surface area (TPSA) is 49.7 Å². The van der Waals surface area contributed by atoms with Gasteiger partial charge in [0, 0.05) is 5.56 Å². The second-order valence-corrected chi connectivity index (χ2v) is 3.96. The van der Waals surface area contributed by atoms with Gasteiger partial charge in [0.1, 0.15) is 11.3 Å². The van der Waals surface area contributed by atoms with Crippen LogP contribution in [0.3, 0.4) is 0 Å². The minimum atomic E-state index is -4.50. The van der Waals surface area contributed by atoms with Crippen LogP contribution in [0.4, 0.5) is 13.2 Å². The Morgan fingerprint density at radius 3 is 2.41 bits per heavy atom. The number of phenols is 1. The summed E-state index contributed by atoms with van der Waals surface area (Å²) in [6.07, 6.45) is -2.06. The molecule has 0 spiro atoms. The zero-order valence-electron chi connectivity index (χ0n) is 8.58. The fourth-order valence-corrected chi connectivity index (χ4v) is 1.75. The van der Waals surface area contributed by atoms with E-state index in [1.165, 1.54) is 6.08 Å². The zero-order chi connectivity index (χ0) is 12.7. The number of nitrogens with zero attached hydrogens (tertiary/aromatic N) is 1. The Morgan fingerprint density at radius 2 is 2.00 bits per heavy atom. The van der Waals surface area contributed by atoms with Gasteiger partial charge in [0.25, 0.3) is 0 Å². The summed E-state index contributed by atoms with van der Waals surface area (Å²) in [6.45, 7) is 0. The highest BCUT2D eigenvalue weighted by molar-refractivity contribution is 5.48. The summed E-state index contributed by atoms with van der Waals surface area (Å²) >= 11 is 0. The predicted octanol–water partition coefficient (Wildman–Crippen LogP) is 2.74. The predicted molar refractivity (Wildman–Crippen MR) is 52.1 cm³/mol. The quantitative estimate of drug-likeness (QED) is 0.641. The average Bonchev–Trinajstić information content (AvgIpc) is 2.97. The number of hydrogen-bond donors (Lipinski definition) is 1. The van der Waals surface area contributed by atoms with Crippen molar-refractivity contribution in [2.24, 2.45) is 4.99 Å². The van der Waals surface area contributed by atoms with Crippen molar-refractivity contribution in [3.8, 4) is 5.75 Å². The van der Waals surface area contributed by atoms with Gasteiger partial charge in [-0.1, -0.05) is 6.07 Å². The molecule has 0 unspecified atom stereocenters. The van der Waals surface area contributed by atoms with Crippen LogP contribution < -0.4 is 0 Å². The summed E-state index contributed by atoms with van der Waals surface area (Å²) in [5, 5.41) is 9.57. The molecular weight excluding hydrogens is 235 g/mol. The lowest BCUT2D eigenvalue weighted by molar-refractivity contribution is -0.137. The first-order chi connectivity index (χ1) is 7.89. The standard InChI is InChI=1S/C11H8F3NO2/c12-11(13,14)7-1-2-8(9(17)5-7)10(3-4-10)15-6-16/h1-2,5,17H,3-4H2. The molecule has 0 atom stereocenters. The number of rotatable bonds is 2. The summed E-state index contributed by atoms with van der Waals surface area (Å²) in [4.78, 5) is 13.8. The lowest BCUT2D eigenvalue weighted by Gasteiger charge is -2.13. The SMILES string of the molecule is O=C=NC1(c2ccc(C(F)(F)F)cc2O)CC1. The van der Waals surface area contributed by atoms with Crippen molar-refractivity contribution in [1.29, 1.82) is 0 Å². The molecule has 17 heavy (non-hydrogen) atoms. The first-order valence-corrected chi connectivity index (χ1v) is 4.89. The van der Waals surface area contributed by atoms with Crippen LogP contribution in [-0.2, 0) is 16.5 Å². The normalized spacial score (nSPS) is 17.4. The van der Waals surface area contributed by atoms with Crippen molar-refractivity contribution in [2.45, 2.75) is 24.6 Å². The summed E-state index contributed by atoms with van der Waals surface area (Å²) in [7, 11) is 0. The van der Waals surface area contributed by atoms with E-state index in [2.05, 4.69) is 4.99 Å². The van der Waals surface area contributed by atoms with Crippen LogP contribution in [0.1, 0.15) is 24.0 Å². The van der Waals surface area contributed by atoms with Crippen LogP contribution in [0.15, 0.2) is 23.2 Å².